The number of nitrogens with one attached hydrogen (secondary N) is 2. The minimum atomic E-state index is -0.213. The highest BCUT2D eigenvalue weighted by Gasteiger charge is 2.06. The van der Waals surface area contributed by atoms with Gasteiger partial charge in [-0.1, -0.05) is 23.2 Å². The highest BCUT2D eigenvalue weighted by atomic mass is 35.5. The zero-order valence-corrected chi connectivity index (χ0v) is 14.0. The lowest BCUT2D eigenvalue weighted by Crippen LogP contribution is -2.35. The molecule has 0 aliphatic rings. The zero-order chi connectivity index (χ0) is 14.8. The normalized spacial score (nSPS) is 9.86. The third-order valence-electron chi connectivity index (χ3n) is 2.36. The molecule has 0 saturated carbocycles. The van der Waals surface area contributed by atoms with Crippen molar-refractivity contribution in [2.45, 2.75) is 0 Å². The summed E-state index contributed by atoms with van der Waals surface area (Å²) in [6, 6.07) is 4.85. The molecule has 0 saturated heterocycles. The second kappa shape index (κ2) is 11.9. The number of hydrogen-bond donors (Lipinski definition) is 2. The van der Waals surface area contributed by atoms with Crippen LogP contribution in [0.3, 0.4) is 0 Å². The van der Waals surface area contributed by atoms with Gasteiger partial charge in [0.1, 0.15) is 5.75 Å². The minimum absolute atomic E-state index is 0. The molecule has 0 aliphatic heterocycles. The summed E-state index contributed by atoms with van der Waals surface area (Å²) in [6.45, 7) is 2.49. The van der Waals surface area contributed by atoms with Crippen LogP contribution in [0.5, 0.6) is 5.75 Å². The van der Waals surface area contributed by atoms with Crippen molar-refractivity contribution in [2.75, 3.05) is 40.0 Å². The van der Waals surface area contributed by atoms with Gasteiger partial charge < -0.3 is 20.1 Å². The summed E-state index contributed by atoms with van der Waals surface area (Å²) in [6.07, 6.45) is 0. The molecule has 0 spiro atoms. The number of ether oxygens (including phenoxy) is 2. The van der Waals surface area contributed by atoms with E-state index in [9.17, 15) is 4.79 Å². The molecule has 1 aromatic rings. The number of methoxy groups -OCH3 is 1. The van der Waals surface area contributed by atoms with Crippen molar-refractivity contribution >= 4 is 41.5 Å². The first-order chi connectivity index (χ1) is 9.63. The van der Waals surface area contributed by atoms with Crippen molar-refractivity contribution in [2.24, 2.45) is 0 Å². The molecule has 0 unspecified atom stereocenters. The van der Waals surface area contributed by atoms with Crippen molar-refractivity contribution in [3.8, 4) is 5.75 Å². The third-order valence-corrected chi connectivity index (χ3v) is 2.91. The first-order valence-electron chi connectivity index (χ1n) is 6.17. The van der Waals surface area contributed by atoms with E-state index in [1.807, 2.05) is 0 Å². The van der Waals surface area contributed by atoms with Gasteiger partial charge in [-0.3, -0.25) is 4.79 Å². The lowest BCUT2D eigenvalue weighted by atomic mass is 10.3. The predicted molar refractivity (Wildman–Crippen MR) is 87.0 cm³/mol. The monoisotopic (exact) mass is 356 g/mol. The van der Waals surface area contributed by atoms with Crippen LogP contribution in [0, 0.1) is 0 Å². The first kappa shape index (κ1) is 20.3. The van der Waals surface area contributed by atoms with Crippen LogP contribution in [0.25, 0.3) is 0 Å². The van der Waals surface area contributed by atoms with E-state index in [-0.39, 0.29) is 24.9 Å². The Morgan fingerprint density at radius 1 is 1.24 bits per heavy atom. The van der Waals surface area contributed by atoms with Crippen molar-refractivity contribution in [3.63, 3.8) is 0 Å². The Labute approximate surface area is 140 Å². The van der Waals surface area contributed by atoms with Crippen molar-refractivity contribution in [1.82, 2.24) is 10.6 Å². The number of amides is 1. The summed E-state index contributed by atoms with van der Waals surface area (Å²) < 4.78 is 10.2. The van der Waals surface area contributed by atoms with Crippen molar-refractivity contribution in [3.05, 3.63) is 28.2 Å². The van der Waals surface area contributed by atoms with Crippen molar-refractivity contribution in [1.29, 1.82) is 0 Å². The molecule has 0 aromatic heterocycles. The Kier molecular flexibility index (Phi) is 11.5. The molecule has 120 valence electrons. The van der Waals surface area contributed by atoms with Crippen molar-refractivity contribution < 1.29 is 14.3 Å². The van der Waals surface area contributed by atoms with Gasteiger partial charge >= 0.3 is 0 Å². The Morgan fingerprint density at radius 2 is 2.00 bits per heavy atom. The molecule has 5 nitrogen and oxygen atoms in total. The van der Waals surface area contributed by atoms with E-state index in [2.05, 4.69) is 10.6 Å². The smallest absolute Gasteiger partial charge is 0.257 e. The fourth-order valence-corrected chi connectivity index (χ4v) is 1.71. The van der Waals surface area contributed by atoms with Gasteiger partial charge in [-0.05, 0) is 12.1 Å². The average molecular weight is 358 g/mol. The number of hydrogen-bond acceptors (Lipinski definition) is 4. The molecule has 21 heavy (non-hydrogen) atoms. The molecular weight excluding hydrogens is 339 g/mol. The maximum Gasteiger partial charge on any atom is 0.257 e. The molecular formula is C13H19Cl3N2O3. The largest absolute Gasteiger partial charge is 0.482 e. The summed E-state index contributed by atoms with van der Waals surface area (Å²) >= 11 is 11.7. The number of rotatable bonds is 9. The number of carbonyl (C=O) groups is 1. The highest BCUT2D eigenvalue weighted by molar-refractivity contribution is 6.34. The molecule has 0 aliphatic carbocycles. The quantitative estimate of drug-likeness (QED) is 0.665. The summed E-state index contributed by atoms with van der Waals surface area (Å²) in [5.74, 6) is 0.183. The van der Waals surface area contributed by atoms with E-state index in [0.717, 1.165) is 6.54 Å². The summed E-state index contributed by atoms with van der Waals surface area (Å²) in [7, 11) is 1.64. The summed E-state index contributed by atoms with van der Waals surface area (Å²) in [5.41, 5.74) is 0. The number of carbonyl (C=O) groups excluding carboxylic acids is 1. The van der Waals surface area contributed by atoms with E-state index in [0.29, 0.717) is 35.5 Å². The SMILES string of the molecule is COCCNCCNC(=O)COc1cc(Cl)ccc1Cl.Cl. The molecule has 1 aromatic carbocycles. The first-order valence-corrected chi connectivity index (χ1v) is 6.93. The number of halogens is 3. The van der Waals surface area contributed by atoms with Gasteiger partial charge in [-0.15, -0.1) is 12.4 Å². The summed E-state index contributed by atoms with van der Waals surface area (Å²) in [4.78, 5) is 11.5. The fraction of sp³-hybridized carbons (Fsp3) is 0.462. The maximum atomic E-state index is 11.5. The Hall–Kier alpha value is -0.720. The van der Waals surface area contributed by atoms with Gasteiger partial charge in [0.2, 0.25) is 0 Å². The molecule has 0 radical (unpaired) electrons. The molecule has 2 N–H and O–H groups in total. The van der Waals surface area contributed by atoms with Crippen LogP contribution in [0.2, 0.25) is 10.0 Å². The van der Waals surface area contributed by atoms with Gasteiger partial charge in [0.15, 0.2) is 6.61 Å². The molecule has 0 bridgehead atoms. The van der Waals surface area contributed by atoms with Crippen LogP contribution >= 0.6 is 35.6 Å². The Morgan fingerprint density at radius 3 is 2.71 bits per heavy atom. The van der Waals surface area contributed by atoms with Crippen LogP contribution < -0.4 is 15.4 Å². The molecule has 8 heteroatoms. The molecule has 1 rings (SSSR count). The minimum Gasteiger partial charge on any atom is -0.482 e. The zero-order valence-electron chi connectivity index (χ0n) is 11.7. The number of benzene rings is 1. The Balaban J connectivity index is 0.00000400. The van der Waals surface area contributed by atoms with Crippen LogP contribution in [-0.2, 0) is 9.53 Å². The summed E-state index contributed by atoms with van der Waals surface area (Å²) in [5, 5.41) is 6.76. The van der Waals surface area contributed by atoms with Gasteiger partial charge in [-0.25, -0.2) is 0 Å². The second-order valence-electron chi connectivity index (χ2n) is 3.96. The van der Waals surface area contributed by atoms with Crippen LogP contribution in [0.15, 0.2) is 18.2 Å². The molecule has 0 atom stereocenters. The topological polar surface area (TPSA) is 59.6 Å². The Bertz CT molecular complexity index is 433. The van der Waals surface area contributed by atoms with Crippen LogP contribution in [0.1, 0.15) is 0 Å². The van der Waals surface area contributed by atoms with Gasteiger partial charge in [-0.2, -0.15) is 0 Å². The molecule has 0 fully saturated rings. The van der Waals surface area contributed by atoms with E-state index in [1.165, 1.54) is 0 Å². The third kappa shape index (κ3) is 9.01. The van der Waals surface area contributed by atoms with Gasteiger partial charge in [0.05, 0.1) is 11.6 Å². The highest BCUT2D eigenvalue weighted by Crippen LogP contribution is 2.27. The van der Waals surface area contributed by atoms with Gasteiger partial charge in [0, 0.05) is 37.8 Å². The van der Waals surface area contributed by atoms with Crippen LogP contribution in [-0.4, -0.2) is 45.9 Å². The van der Waals surface area contributed by atoms with E-state index >= 15 is 0 Å². The van der Waals surface area contributed by atoms with Gasteiger partial charge in [0.25, 0.3) is 5.91 Å². The lowest BCUT2D eigenvalue weighted by Gasteiger charge is -2.09. The average Bonchev–Trinajstić information content (AvgIpc) is 2.43. The van der Waals surface area contributed by atoms with E-state index in [1.54, 1.807) is 25.3 Å². The fourth-order valence-electron chi connectivity index (χ4n) is 1.37. The maximum absolute atomic E-state index is 11.5. The standard InChI is InChI=1S/C13H18Cl2N2O3.ClH/c1-19-7-6-16-4-5-17-13(18)9-20-12-8-10(14)2-3-11(12)15;/h2-3,8,16H,4-7,9H2,1H3,(H,17,18);1H. The van der Waals surface area contributed by atoms with Crippen LogP contribution in [0.4, 0.5) is 0 Å². The second-order valence-corrected chi connectivity index (χ2v) is 4.80. The molecule has 0 heterocycles. The predicted octanol–water partition coefficient (Wildman–Crippen LogP) is 2.15. The van der Waals surface area contributed by atoms with E-state index < -0.39 is 0 Å². The lowest BCUT2D eigenvalue weighted by molar-refractivity contribution is -0.123. The molecule has 1 amide bonds. The van der Waals surface area contributed by atoms with E-state index in [4.69, 9.17) is 32.7 Å².